The number of β-amino-alcohol motifs (C(OH)–C–C–N with tert-alkyl or cyclic N) is 1. The summed E-state index contributed by atoms with van der Waals surface area (Å²) >= 11 is 3.36. The lowest BCUT2D eigenvalue weighted by molar-refractivity contribution is 0.00991. The molecule has 0 unspecified atom stereocenters. The van der Waals surface area contributed by atoms with Crippen LogP contribution >= 0.6 is 22.7 Å². The van der Waals surface area contributed by atoms with E-state index in [0.29, 0.717) is 19.8 Å². The van der Waals surface area contributed by atoms with E-state index in [9.17, 15) is 5.11 Å². The number of thiophene rings is 1. The van der Waals surface area contributed by atoms with Crippen LogP contribution < -0.4 is 4.90 Å². The van der Waals surface area contributed by atoms with Crippen LogP contribution in [0.3, 0.4) is 0 Å². The summed E-state index contributed by atoms with van der Waals surface area (Å²) in [7, 11) is 0. The Kier molecular flexibility index (Phi) is 5.80. The molecule has 1 N–H and O–H groups in total. The van der Waals surface area contributed by atoms with Crippen molar-refractivity contribution in [1.82, 2.24) is 9.88 Å². The van der Waals surface area contributed by atoms with Crippen molar-refractivity contribution in [2.45, 2.75) is 12.7 Å². The highest BCUT2D eigenvalue weighted by atomic mass is 32.1. The molecular formula is C15H21N3O2S2. The van der Waals surface area contributed by atoms with E-state index in [-0.39, 0.29) is 0 Å². The fourth-order valence-corrected chi connectivity index (χ4v) is 3.87. The van der Waals surface area contributed by atoms with Crippen molar-refractivity contribution in [3.63, 3.8) is 0 Å². The molecule has 2 aromatic heterocycles. The highest BCUT2D eigenvalue weighted by Crippen LogP contribution is 2.19. The molecule has 1 atom stereocenters. The van der Waals surface area contributed by atoms with Crippen LogP contribution in [0.25, 0.3) is 0 Å². The highest BCUT2D eigenvalue weighted by molar-refractivity contribution is 7.13. The molecule has 22 heavy (non-hydrogen) atoms. The minimum absolute atomic E-state index is 0.393. The van der Waals surface area contributed by atoms with Crippen LogP contribution in [-0.2, 0) is 11.3 Å². The van der Waals surface area contributed by atoms with Gasteiger partial charge < -0.3 is 14.7 Å². The molecule has 2 aromatic rings. The molecule has 0 aromatic carbocycles. The van der Waals surface area contributed by atoms with Gasteiger partial charge in [0.25, 0.3) is 0 Å². The lowest BCUT2D eigenvalue weighted by Gasteiger charge is -2.35. The van der Waals surface area contributed by atoms with Crippen LogP contribution in [-0.4, -0.2) is 60.4 Å². The number of rotatable bonds is 7. The molecule has 0 amide bonds. The van der Waals surface area contributed by atoms with E-state index in [1.54, 1.807) is 22.7 Å². The van der Waals surface area contributed by atoms with E-state index in [4.69, 9.17) is 4.74 Å². The Hall–Kier alpha value is -0.990. The molecule has 3 heterocycles. The number of thiazole rings is 1. The molecule has 0 aliphatic carbocycles. The predicted octanol–water partition coefficient (Wildman–Crippen LogP) is 1.90. The summed E-state index contributed by atoms with van der Waals surface area (Å²) in [6.45, 7) is 5.52. The van der Waals surface area contributed by atoms with E-state index in [0.717, 1.165) is 31.3 Å². The van der Waals surface area contributed by atoms with Gasteiger partial charge in [-0.2, -0.15) is 0 Å². The second-order valence-corrected chi connectivity index (χ2v) is 7.26. The van der Waals surface area contributed by atoms with E-state index < -0.39 is 6.10 Å². The number of aliphatic hydroxyl groups is 1. The van der Waals surface area contributed by atoms with Gasteiger partial charge in [0.05, 0.1) is 19.3 Å². The third kappa shape index (κ3) is 4.50. The topological polar surface area (TPSA) is 48.8 Å². The highest BCUT2D eigenvalue weighted by Gasteiger charge is 2.20. The van der Waals surface area contributed by atoms with Gasteiger partial charge in [-0.15, -0.1) is 22.7 Å². The van der Waals surface area contributed by atoms with Gasteiger partial charge in [-0.3, -0.25) is 4.90 Å². The van der Waals surface area contributed by atoms with E-state index in [1.807, 2.05) is 23.0 Å². The first kappa shape index (κ1) is 15.9. The average Bonchev–Trinajstić information content (AvgIpc) is 3.21. The van der Waals surface area contributed by atoms with Crippen molar-refractivity contribution in [2.75, 3.05) is 44.2 Å². The molecule has 1 fully saturated rings. The van der Waals surface area contributed by atoms with Crippen molar-refractivity contribution >= 4 is 27.8 Å². The number of anilines is 1. The Morgan fingerprint density at radius 3 is 2.77 bits per heavy atom. The summed E-state index contributed by atoms with van der Waals surface area (Å²) in [5.74, 6) is 0. The zero-order valence-corrected chi connectivity index (χ0v) is 14.1. The normalized spacial score (nSPS) is 17.8. The lowest BCUT2D eigenvalue weighted by atomic mass is 10.3. The second-order valence-electron chi connectivity index (χ2n) is 5.35. The van der Waals surface area contributed by atoms with Gasteiger partial charge in [-0.1, -0.05) is 6.07 Å². The first-order valence-corrected chi connectivity index (χ1v) is 9.22. The van der Waals surface area contributed by atoms with Crippen LogP contribution in [0.2, 0.25) is 0 Å². The maximum atomic E-state index is 10.1. The summed E-state index contributed by atoms with van der Waals surface area (Å²) in [6.07, 6.45) is 1.42. The number of aromatic nitrogens is 1. The number of piperazine rings is 1. The Morgan fingerprint density at radius 1 is 1.23 bits per heavy atom. The minimum atomic E-state index is -0.425. The molecular weight excluding hydrogens is 318 g/mol. The molecule has 0 saturated carbocycles. The van der Waals surface area contributed by atoms with Gasteiger partial charge in [0.1, 0.15) is 0 Å². The van der Waals surface area contributed by atoms with Gasteiger partial charge >= 0.3 is 0 Å². The zero-order valence-electron chi connectivity index (χ0n) is 12.4. The van der Waals surface area contributed by atoms with Gasteiger partial charge in [0.15, 0.2) is 5.13 Å². The van der Waals surface area contributed by atoms with Crippen LogP contribution in [0.1, 0.15) is 4.88 Å². The van der Waals surface area contributed by atoms with Gasteiger partial charge in [-0.25, -0.2) is 4.98 Å². The van der Waals surface area contributed by atoms with Crippen molar-refractivity contribution in [3.8, 4) is 0 Å². The summed E-state index contributed by atoms with van der Waals surface area (Å²) in [6, 6.07) is 4.07. The summed E-state index contributed by atoms with van der Waals surface area (Å²) in [5.41, 5.74) is 0. The molecule has 0 radical (unpaired) electrons. The van der Waals surface area contributed by atoms with Crippen LogP contribution in [0.15, 0.2) is 29.1 Å². The SMILES string of the molecule is O[C@H](COCc1cccs1)CN1CCN(c2nccs2)CC1. The van der Waals surface area contributed by atoms with Crippen molar-refractivity contribution < 1.29 is 9.84 Å². The van der Waals surface area contributed by atoms with Crippen LogP contribution in [0.4, 0.5) is 5.13 Å². The fourth-order valence-electron chi connectivity index (χ4n) is 2.53. The number of aliphatic hydroxyl groups excluding tert-OH is 1. The summed E-state index contributed by atoms with van der Waals surface area (Å²) in [4.78, 5) is 10.1. The molecule has 5 nitrogen and oxygen atoms in total. The summed E-state index contributed by atoms with van der Waals surface area (Å²) < 4.78 is 5.58. The van der Waals surface area contributed by atoms with Gasteiger partial charge in [-0.05, 0) is 11.4 Å². The third-order valence-corrected chi connectivity index (χ3v) is 5.35. The number of nitrogens with zero attached hydrogens (tertiary/aromatic N) is 3. The smallest absolute Gasteiger partial charge is 0.185 e. The molecule has 0 spiro atoms. The number of hydrogen-bond donors (Lipinski definition) is 1. The Balaban J connectivity index is 1.33. The van der Waals surface area contributed by atoms with Crippen molar-refractivity contribution in [3.05, 3.63) is 34.0 Å². The monoisotopic (exact) mass is 339 g/mol. The Morgan fingerprint density at radius 2 is 2.09 bits per heavy atom. The summed E-state index contributed by atoms with van der Waals surface area (Å²) in [5, 5.41) is 15.2. The van der Waals surface area contributed by atoms with Crippen LogP contribution in [0.5, 0.6) is 0 Å². The number of ether oxygens (including phenoxy) is 1. The first-order valence-electron chi connectivity index (χ1n) is 7.46. The van der Waals surface area contributed by atoms with Crippen LogP contribution in [0, 0.1) is 0 Å². The Bertz CT molecular complexity index is 525. The standard InChI is InChI=1S/C15H21N3O2S2/c19-13(11-20-12-14-2-1-8-21-14)10-17-4-6-18(7-5-17)15-16-3-9-22-15/h1-3,8-9,13,19H,4-7,10-12H2/t13-/m0/s1. The number of hydrogen-bond acceptors (Lipinski definition) is 7. The molecule has 120 valence electrons. The predicted molar refractivity (Wildman–Crippen MR) is 90.7 cm³/mol. The van der Waals surface area contributed by atoms with E-state index in [2.05, 4.69) is 20.9 Å². The average molecular weight is 339 g/mol. The lowest BCUT2D eigenvalue weighted by Crippen LogP contribution is -2.49. The fraction of sp³-hybridized carbons (Fsp3) is 0.533. The first-order chi connectivity index (χ1) is 10.8. The molecule has 1 aliphatic heterocycles. The third-order valence-electron chi connectivity index (χ3n) is 3.67. The van der Waals surface area contributed by atoms with Crippen molar-refractivity contribution in [1.29, 1.82) is 0 Å². The van der Waals surface area contributed by atoms with E-state index in [1.165, 1.54) is 4.88 Å². The van der Waals surface area contributed by atoms with E-state index >= 15 is 0 Å². The molecule has 1 saturated heterocycles. The zero-order chi connectivity index (χ0) is 15.2. The minimum Gasteiger partial charge on any atom is -0.389 e. The molecule has 1 aliphatic rings. The molecule has 3 rings (SSSR count). The second kappa shape index (κ2) is 8.03. The Labute approximate surface area is 138 Å². The maximum absolute atomic E-state index is 10.1. The molecule has 0 bridgehead atoms. The van der Waals surface area contributed by atoms with Gasteiger partial charge in [0, 0.05) is 49.2 Å². The molecule has 7 heteroatoms. The van der Waals surface area contributed by atoms with Crippen molar-refractivity contribution in [2.24, 2.45) is 0 Å². The maximum Gasteiger partial charge on any atom is 0.185 e. The largest absolute Gasteiger partial charge is 0.389 e. The van der Waals surface area contributed by atoms with Gasteiger partial charge in [0.2, 0.25) is 0 Å². The quantitative estimate of drug-likeness (QED) is 0.835.